The molecular weight excluding hydrogens is 258 g/mol. The van der Waals surface area contributed by atoms with Crippen LogP contribution in [0.4, 0.5) is 5.00 Å². The van der Waals surface area contributed by atoms with Crippen molar-refractivity contribution in [3.8, 4) is 6.07 Å². The minimum atomic E-state index is -0.483. The largest absolute Gasteiger partial charge is 0.320 e. The molecule has 1 amide bonds. The maximum absolute atomic E-state index is 12.0. The highest BCUT2D eigenvalue weighted by molar-refractivity contribution is 7.16. The summed E-state index contributed by atoms with van der Waals surface area (Å²) < 4.78 is 0. The van der Waals surface area contributed by atoms with Crippen LogP contribution >= 0.6 is 11.3 Å². The lowest BCUT2D eigenvalue weighted by atomic mass is 10.1. The van der Waals surface area contributed by atoms with Gasteiger partial charge in [0.05, 0.1) is 11.6 Å². The first-order valence-corrected chi connectivity index (χ1v) is 7.60. The third-order valence-electron chi connectivity index (χ3n) is 3.48. The molecule has 1 aromatic heterocycles. The Morgan fingerprint density at radius 3 is 3.05 bits per heavy atom. The third-order valence-corrected chi connectivity index (χ3v) is 4.68. The van der Waals surface area contributed by atoms with Crippen molar-refractivity contribution in [3.63, 3.8) is 0 Å². The average molecular weight is 277 g/mol. The van der Waals surface area contributed by atoms with Crippen molar-refractivity contribution in [1.82, 2.24) is 0 Å². The van der Waals surface area contributed by atoms with E-state index >= 15 is 0 Å². The van der Waals surface area contributed by atoms with Gasteiger partial charge in [-0.05, 0) is 31.2 Å². The van der Waals surface area contributed by atoms with Crippen molar-refractivity contribution in [2.24, 2.45) is 5.73 Å². The van der Waals surface area contributed by atoms with Gasteiger partial charge < -0.3 is 11.1 Å². The number of nitrogens with zero attached hydrogens (tertiary/aromatic N) is 1. The van der Waals surface area contributed by atoms with Crippen molar-refractivity contribution in [2.45, 2.75) is 51.5 Å². The van der Waals surface area contributed by atoms with Gasteiger partial charge in [0.15, 0.2) is 0 Å². The standard InChI is InChI=1S/C14H19N3OS/c1-2-3-6-11(16)13(18)17-14-10(8-15)9-5-4-7-12(9)19-14/h11H,2-7,16H2,1H3,(H,17,18)/t11-/m0/s1. The molecule has 1 atom stereocenters. The van der Waals surface area contributed by atoms with Gasteiger partial charge in [-0.3, -0.25) is 4.79 Å². The van der Waals surface area contributed by atoms with Crippen LogP contribution in [-0.2, 0) is 17.6 Å². The van der Waals surface area contributed by atoms with E-state index in [4.69, 9.17) is 5.73 Å². The Balaban J connectivity index is 2.08. The number of anilines is 1. The Kier molecular flexibility index (Phi) is 4.56. The van der Waals surface area contributed by atoms with Crippen molar-refractivity contribution >= 4 is 22.2 Å². The Bertz CT molecular complexity index is 515. The molecule has 1 aliphatic rings. The van der Waals surface area contributed by atoms with Crippen molar-refractivity contribution in [2.75, 3.05) is 5.32 Å². The van der Waals surface area contributed by atoms with E-state index in [1.807, 2.05) is 0 Å². The Morgan fingerprint density at radius 2 is 2.37 bits per heavy atom. The summed E-state index contributed by atoms with van der Waals surface area (Å²) in [7, 11) is 0. The van der Waals surface area contributed by atoms with Crippen LogP contribution in [-0.4, -0.2) is 11.9 Å². The maximum Gasteiger partial charge on any atom is 0.241 e. The van der Waals surface area contributed by atoms with Gasteiger partial charge in [-0.25, -0.2) is 0 Å². The molecule has 0 fully saturated rings. The SMILES string of the molecule is CCCC[C@H](N)C(=O)Nc1sc2c(c1C#N)CCC2. The molecule has 0 aromatic carbocycles. The highest BCUT2D eigenvalue weighted by Gasteiger charge is 2.24. The van der Waals surface area contributed by atoms with Gasteiger partial charge in [0.1, 0.15) is 11.1 Å². The van der Waals surface area contributed by atoms with Crippen LogP contribution in [0.5, 0.6) is 0 Å². The summed E-state index contributed by atoms with van der Waals surface area (Å²) >= 11 is 1.53. The lowest BCUT2D eigenvalue weighted by Gasteiger charge is -2.10. The molecule has 0 unspecified atom stereocenters. The number of fused-ring (bicyclic) bond motifs is 1. The third kappa shape index (κ3) is 2.96. The molecule has 1 aromatic rings. The fraction of sp³-hybridized carbons (Fsp3) is 0.571. The van der Waals surface area contributed by atoms with Crippen LogP contribution in [0.25, 0.3) is 0 Å². The van der Waals surface area contributed by atoms with E-state index in [1.165, 1.54) is 16.2 Å². The molecule has 0 aliphatic heterocycles. The summed E-state index contributed by atoms with van der Waals surface area (Å²) in [5.41, 5.74) is 7.62. The molecule has 0 saturated heterocycles. The van der Waals surface area contributed by atoms with E-state index < -0.39 is 6.04 Å². The Morgan fingerprint density at radius 1 is 1.58 bits per heavy atom. The molecule has 0 radical (unpaired) electrons. The van der Waals surface area contributed by atoms with E-state index in [2.05, 4.69) is 18.3 Å². The van der Waals surface area contributed by atoms with Crippen molar-refractivity contribution in [1.29, 1.82) is 5.26 Å². The zero-order valence-corrected chi connectivity index (χ0v) is 12.0. The predicted molar refractivity (Wildman–Crippen MR) is 77.2 cm³/mol. The average Bonchev–Trinajstić information content (AvgIpc) is 2.95. The first-order chi connectivity index (χ1) is 9.17. The van der Waals surface area contributed by atoms with Crippen LogP contribution in [0.3, 0.4) is 0 Å². The summed E-state index contributed by atoms with van der Waals surface area (Å²) in [6, 6.07) is 1.74. The molecular formula is C14H19N3OS. The van der Waals surface area contributed by atoms with E-state index in [1.54, 1.807) is 0 Å². The Hall–Kier alpha value is -1.38. The molecule has 0 bridgehead atoms. The second-order valence-electron chi connectivity index (χ2n) is 4.91. The first-order valence-electron chi connectivity index (χ1n) is 6.78. The van der Waals surface area contributed by atoms with Gasteiger partial charge in [-0.2, -0.15) is 5.26 Å². The highest BCUT2D eigenvalue weighted by Crippen LogP contribution is 2.38. The Labute approximate surface area is 117 Å². The van der Waals surface area contributed by atoms with Gasteiger partial charge in [0, 0.05) is 4.88 Å². The van der Waals surface area contributed by atoms with Crippen LogP contribution in [0.1, 0.15) is 48.6 Å². The topological polar surface area (TPSA) is 78.9 Å². The number of hydrogen-bond acceptors (Lipinski definition) is 4. The first kappa shape index (κ1) is 14.0. The van der Waals surface area contributed by atoms with Gasteiger partial charge in [-0.1, -0.05) is 19.8 Å². The van der Waals surface area contributed by atoms with Crippen LogP contribution in [0, 0.1) is 11.3 Å². The summed E-state index contributed by atoms with van der Waals surface area (Å²) in [6.45, 7) is 2.07. The van der Waals surface area contributed by atoms with E-state index in [0.717, 1.165) is 37.7 Å². The molecule has 0 spiro atoms. The number of nitriles is 1. The molecule has 1 heterocycles. The number of thiophene rings is 1. The fourth-order valence-corrected chi connectivity index (χ4v) is 3.61. The molecule has 1 aliphatic carbocycles. The number of nitrogens with two attached hydrogens (primary N) is 1. The maximum atomic E-state index is 12.0. The molecule has 5 heteroatoms. The number of rotatable bonds is 5. The van der Waals surface area contributed by atoms with E-state index in [-0.39, 0.29) is 5.91 Å². The van der Waals surface area contributed by atoms with Crippen molar-refractivity contribution < 1.29 is 4.79 Å². The quantitative estimate of drug-likeness (QED) is 0.868. The van der Waals surface area contributed by atoms with Gasteiger partial charge >= 0.3 is 0 Å². The minimum absolute atomic E-state index is 0.176. The number of carbonyl (C=O) groups is 1. The smallest absolute Gasteiger partial charge is 0.241 e. The normalized spacial score (nSPS) is 14.8. The summed E-state index contributed by atoms with van der Waals surface area (Å²) in [4.78, 5) is 13.2. The minimum Gasteiger partial charge on any atom is -0.320 e. The summed E-state index contributed by atoms with van der Waals surface area (Å²) in [6.07, 6.45) is 5.74. The van der Waals surface area contributed by atoms with E-state index in [9.17, 15) is 10.1 Å². The van der Waals surface area contributed by atoms with Crippen molar-refractivity contribution in [3.05, 3.63) is 16.0 Å². The summed E-state index contributed by atoms with van der Waals surface area (Å²) in [5, 5.41) is 12.8. The van der Waals surface area contributed by atoms with Gasteiger partial charge in [0.25, 0.3) is 0 Å². The summed E-state index contributed by atoms with van der Waals surface area (Å²) in [5.74, 6) is -0.176. The second-order valence-corrected chi connectivity index (χ2v) is 6.02. The van der Waals surface area contributed by atoms with E-state index in [0.29, 0.717) is 17.0 Å². The number of amides is 1. The zero-order chi connectivity index (χ0) is 13.8. The molecule has 102 valence electrons. The number of aryl methyl sites for hydroxylation is 1. The lowest BCUT2D eigenvalue weighted by Crippen LogP contribution is -2.35. The van der Waals surface area contributed by atoms with Crippen LogP contribution in [0.2, 0.25) is 0 Å². The molecule has 3 N–H and O–H groups in total. The molecule has 4 nitrogen and oxygen atoms in total. The zero-order valence-electron chi connectivity index (χ0n) is 11.2. The van der Waals surface area contributed by atoms with Gasteiger partial charge in [-0.15, -0.1) is 11.3 Å². The number of carbonyl (C=O) groups excluding carboxylic acids is 1. The fourth-order valence-electron chi connectivity index (χ4n) is 2.37. The monoisotopic (exact) mass is 277 g/mol. The number of hydrogen-bond donors (Lipinski definition) is 2. The molecule has 0 saturated carbocycles. The van der Waals surface area contributed by atoms with Crippen LogP contribution < -0.4 is 11.1 Å². The van der Waals surface area contributed by atoms with Crippen LogP contribution in [0.15, 0.2) is 0 Å². The number of nitrogens with one attached hydrogen (secondary N) is 1. The number of unbranched alkanes of at least 4 members (excludes halogenated alkanes) is 1. The lowest BCUT2D eigenvalue weighted by molar-refractivity contribution is -0.117. The molecule has 2 rings (SSSR count). The van der Waals surface area contributed by atoms with Gasteiger partial charge in [0.2, 0.25) is 5.91 Å². The second kappa shape index (κ2) is 6.18. The predicted octanol–water partition coefficient (Wildman–Crippen LogP) is 2.56. The molecule has 19 heavy (non-hydrogen) atoms. The highest BCUT2D eigenvalue weighted by atomic mass is 32.1.